The molecule has 1 aromatic carbocycles. The number of rotatable bonds is 4. The lowest BCUT2D eigenvalue weighted by Gasteiger charge is -2.11. The van der Waals surface area contributed by atoms with Crippen molar-refractivity contribution in [3.63, 3.8) is 0 Å². The molecule has 1 aromatic rings. The van der Waals surface area contributed by atoms with Crippen molar-refractivity contribution in [1.82, 2.24) is 0 Å². The fourth-order valence-corrected chi connectivity index (χ4v) is 1.36. The summed E-state index contributed by atoms with van der Waals surface area (Å²) in [4.78, 5) is 10.5. The Balaban J connectivity index is 2.78. The molecule has 0 amide bonds. The molecule has 4 heteroatoms. The summed E-state index contributed by atoms with van der Waals surface area (Å²) in [5.41, 5.74) is 0.791. The van der Waals surface area contributed by atoms with Gasteiger partial charge < -0.3 is 10.2 Å². The molecule has 0 aliphatic rings. The van der Waals surface area contributed by atoms with Gasteiger partial charge in [0, 0.05) is 10.9 Å². The minimum Gasteiger partial charge on any atom is -0.481 e. The molecule has 0 heterocycles. The van der Waals surface area contributed by atoms with Crippen LogP contribution in [0.4, 0.5) is 0 Å². The maximum absolute atomic E-state index is 10.5. The predicted octanol–water partition coefficient (Wildman–Crippen LogP) is 1.89. The van der Waals surface area contributed by atoms with Gasteiger partial charge in [0.25, 0.3) is 0 Å². The Morgan fingerprint density at radius 3 is 2.36 bits per heavy atom. The number of aliphatic hydroxyl groups is 1. The minimum absolute atomic E-state index is 0.0713. The maximum Gasteiger partial charge on any atom is 0.304 e. The zero-order valence-corrected chi connectivity index (χ0v) is 8.24. The summed E-state index contributed by atoms with van der Waals surface area (Å²) in [5.74, 6) is -1.27. The summed E-state index contributed by atoms with van der Waals surface area (Å²) in [5, 5.41) is 18.2. The van der Waals surface area contributed by atoms with Gasteiger partial charge in [-0.05, 0) is 17.7 Å². The number of aliphatic hydroxyl groups excluding tert-OH is 1. The third kappa shape index (κ3) is 3.01. The highest BCUT2D eigenvalue weighted by atomic mass is 35.5. The number of carboxylic acids is 1. The summed E-state index contributed by atoms with van der Waals surface area (Å²) < 4.78 is 0. The average molecular weight is 215 g/mol. The lowest BCUT2D eigenvalue weighted by Crippen LogP contribution is -2.09. The number of hydrogen-bond donors (Lipinski definition) is 2. The molecule has 1 unspecified atom stereocenters. The standard InChI is InChI=1S/C10H11ClO3/c11-9-3-1-7(2-4-9)8(6-12)5-10(13)14/h1-4,8,12H,5-6H2,(H,13,14). The third-order valence-electron chi connectivity index (χ3n) is 1.98. The molecule has 1 atom stereocenters. The second kappa shape index (κ2) is 4.98. The monoisotopic (exact) mass is 214 g/mol. The molecular formula is C10H11ClO3. The molecule has 0 saturated carbocycles. The van der Waals surface area contributed by atoms with Crippen LogP contribution < -0.4 is 0 Å². The van der Waals surface area contributed by atoms with E-state index >= 15 is 0 Å². The van der Waals surface area contributed by atoms with Crippen LogP contribution in [0.15, 0.2) is 24.3 Å². The van der Waals surface area contributed by atoms with E-state index in [1.165, 1.54) is 0 Å². The highest BCUT2D eigenvalue weighted by Gasteiger charge is 2.13. The number of carboxylic acid groups (broad SMARTS) is 1. The second-order valence-electron chi connectivity index (χ2n) is 3.03. The van der Waals surface area contributed by atoms with Gasteiger partial charge in [0.1, 0.15) is 0 Å². The minimum atomic E-state index is -0.918. The lowest BCUT2D eigenvalue weighted by atomic mass is 9.97. The molecular weight excluding hydrogens is 204 g/mol. The zero-order chi connectivity index (χ0) is 10.6. The van der Waals surface area contributed by atoms with Gasteiger partial charge in [-0.15, -0.1) is 0 Å². The van der Waals surface area contributed by atoms with Crippen LogP contribution in [0.25, 0.3) is 0 Å². The summed E-state index contributed by atoms with van der Waals surface area (Å²) >= 11 is 5.69. The molecule has 0 aliphatic heterocycles. The Hall–Kier alpha value is -1.06. The van der Waals surface area contributed by atoms with Crippen molar-refractivity contribution >= 4 is 17.6 Å². The van der Waals surface area contributed by atoms with Crippen molar-refractivity contribution in [3.05, 3.63) is 34.9 Å². The maximum atomic E-state index is 10.5. The largest absolute Gasteiger partial charge is 0.481 e. The Labute approximate surface area is 86.9 Å². The first-order valence-electron chi connectivity index (χ1n) is 4.21. The van der Waals surface area contributed by atoms with Gasteiger partial charge in [0.2, 0.25) is 0 Å². The van der Waals surface area contributed by atoms with Crippen LogP contribution in [-0.4, -0.2) is 22.8 Å². The molecule has 0 aliphatic carbocycles. The van der Waals surface area contributed by atoms with Crippen LogP contribution in [0.2, 0.25) is 5.02 Å². The van der Waals surface area contributed by atoms with Gasteiger partial charge >= 0.3 is 5.97 Å². The van der Waals surface area contributed by atoms with E-state index in [0.29, 0.717) is 5.02 Å². The normalized spacial score (nSPS) is 12.4. The smallest absolute Gasteiger partial charge is 0.304 e. The molecule has 0 bridgehead atoms. The molecule has 1 rings (SSSR count). The number of halogens is 1. The summed E-state index contributed by atoms with van der Waals surface area (Å²) in [6.45, 7) is -0.173. The van der Waals surface area contributed by atoms with Crippen LogP contribution in [0.5, 0.6) is 0 Å². The van der Waals surface area contributed by atoms with Crippen molar-refractivity contribution in [1.29, 1.82) is 0 Å². The average Bonchev–Trinajstić information content (AvgIpc) is 2.15. The van der Waals surface area contributed by atoms with E-state index in [9.17, 15) is 4.79 Å². The van der Waals surface area contributed by atoms with Gasteiger partial charge in [-0.2, -0.15) is 0 Å². The molecule has 0 spiro atoms. The van der Waals surface area contributed by atoms with E-state index in [4.69, 9.17) is 21.8 Å². The third-order valence-corrected chi connectivity index (χ3v) is 2.23. The fraction of sp³-hybridized carbons (Fsp3) is 0.300. The first-order valence-corrected chi connectivity index (χ1v) is 4.59. The Kier molecular flexibility index (Phi) is 3.92. The Bertz CT molecular complexity index is 308. The number of hydrogen-bond acceptors (Lipinski definition) is 2. The van der Waals surface area contributed by atoms with Crippen LogP contribution in [0, 0.1) is 0 Å². The van der Waals surface area contributed by atoms with Crippen LogP contribution in [0.1, 0.15) is 17.9 Å². The highest BCUT2D eigenvalue weighted by Crippen LogP contribution is 2.20. The molecule has 76 valence electrons. The van der Waals surface area contributed by atoms with E-state index in [1.54, 1.807) is 24.3 Å². The van der Waals surface area contributed by atoms with Crippen molar-refractivity contribution in [3.8, 4) is 0 Å². The van der Waals surface area contributed by atoms with Crippen LogP contribution in [0.3, 0.4) is 0 Å². The fourth-order valence-electron chi connectivity index (χ4n) is 1.23. The quantitative estimate of drug-likeness (QED) is 0.805. The molecule has 0 aromatic heterocycles. The van der Waals surface area contributed by atoms with Crippen molar-refractivity contribution < 1.29 is 15.0 Å². The summed E-state index contributed by atoms with van der Waals surface area (Å²) in [6, 6.07) is 6.82. The molecule has 3 nitrogen and oxygen atoms in total. The molecule has 2 N–H and O–H groups in total. The van der Waals surface area contributed by atoms with E-state index in [2.05, 4.69) is 0 Å². The van der Waals surface area contributed by atoms with E-state index in [1.807, 2.05) is 0 Å². The molecule has 14 heavy (non-hydrogen) atoms. The van der Waals surface area contributed by atoms with Gasteiger partial charge in [0.15, 0.2) is 0 Å². The van der Waals surface area contributed by atoms with Crippen LogP contribution in [-0.2, 0) is 4.79 Å². The SMILES string of the molecule is O=C(O)CC(CO)c1ccc(Cl)cc1. The van der Waals surface area contributed by atoms with Gasteiger partial charge in [-0.25, -0.2) is 0 Å². The number of carbonyl (C=O) groups is 1. The molecule has 0 saturated heterocycles. The van der Waals surface area contributed by atoms with Crippen molar-refractivity contribution in [2.45, 2.75) is 12.3 Å². The highest BCUT2D eigenvalue weighted by molar-refractivity contribution is 6.30. The Morgan fingerprint density at radius 1 is 1.36 bits per heavy atom. The Morgan fingerprint density at radius 2 is 1.93 bits per heavy atom. The molecule has 0 fully saturated rings. The zero-order valence-electron chi connectivity index (χ0n) is 7.48. The van der Waals surface area contributed by atoms with Crippen molar-refractivity contribution in [2.24, 2.45) is 0 Å². The first kappa shape index (κ1) is 11.0. The first-order chi connectivity index (χ1) is 6.63. The van der Waals surface area contributed by atoms with Gasteiger partial charge in [-0.1, -0.05) is 23.7 Å². The van der Waals surface area contributed by atoms with E-state index < -0.39 is 5.97 Å². The van der Waals surface area contributed by atoms with Crippen molar-refractivity contribution in [2.75, 3.05) is 6.61 Å². The molecule has 0 radical (unpaired) electrons. The number of benzene rings is 1. The number of aliphatic carboxylic acids is 1. The van der Waals surface area contributed by atoms with E-state index in [0.717, 1.165) is 5.56 Å². The lowest BCUT2D eigenvalue weighted by molar-refractivity contribution is -0.137. The van der Waals surface area contributed by atoms with Gasteiger partial charge in [0.05, 0.1) is 13.0 Å². The van der Waals surface area contributed by atoms with Crippen LogP contribution >= 0.6 is 11.6 Å². The van der Waals surface area contributed by atoms with E-state index in [-0.39, 0.29) is 18.9 Å². The second-order valence-corrected chi connectivity index (χ2v) is 3.47. The summed E-state index contributed by atoms with van der Waals surface area (Å²) in [7, 11) is 0. The topological polar surface area (TPSA) is 57.5 Å². The van der Waals surface area contributed by atoms with Gasteiger partial charge in [-0.3, -0.25) is 4.79 Å². The summed E-state index contributed by atoms with van der Waals surface area (Å²) in [6.07, 6.45) is -0.0713. The predicted molar refractivity (Wildman–Crippen MR) is 53.5 cm³/mol.